The summed E-state index contributed by atoms with van der Waals surface area (Å²) < 4.78 is 10.3. The fraction of sp³-hybridized carbons (Fsp3) is 0.333. The maximum atomic E-state index is 11.1. The summed E-state index contributed by atoms with van der Waals surface area (Å²) in [5, 5.41) is 0. The number of carbonyl (C=O) groups excluding carboxylic acids is 2. The maximum absolute atomic E-state index is 11.1. The maximum Gasteiger partial charge on any atom is 0.308 e. The van der Waals surface area contributed by atoms with Gasteiger partial charge in [0, 0.05) is 25.7 Å². The molecule has 0 radical (unpaired) electrons. The van der Waals surface area contributed by atoms with Crippen LogP contribution >= 0.6 is 0 Å². The van der Waals surface area contributed by atoms with Crippen LogP contribution in [0.2, 0.25) is 0 Å². The second-order valence-electron chi connectivity index (χ2n) is 4.95. The number of fused-ring (bicyclic) bond motifs is 5. The van der Waals surface area contributed by atoms with Crippen molar-refractivity contribution in [3.63, 3.8) is 0 Å². The van der Waals surface area contributed by atoms with Gasteiger partial charge in [0.15, 0.2) is 11.5 Å². The minimum Gasteiger partial charge on any atom is -0.423 e. The van der Waals surface area contributed by atoms with Gasteiger partial charge in [0.1, 0.15) is 0 Å². The van der Waals surface area contributed by atoms with Crippen LogP contribution < -0.4 is 9.47 Å². The highest BCUT2D eigenvalue weighted by molar-refractivity contribution is 5.74. The third-order valence-corrected chi connectivity index (χ3v) is 3.54. The third kappa shape index (κ3) is 2.03. The van der Waals surface area contributed by atoms with Gasteiger partial charge in [-0.15, -0.1) is 0 Å². The number of ether oxygens (including phenoxy) is 2. The van der Waals surface area contributed by atoms with Crippen LogP contribution in [0.3, 0.4) is 0 Å². The molecule has 4 heteroatoms. The number of esters is 2. The van der Waals surface area contributed by atoms with Gasteiger partial charge in [-0.3, -0.25) is 9.59 Å². The highest BCUT2D eigenvalue weighted by Gasteiger charge is 2.34. The van der Waals surface area contributed by atoms with Gasteiger partial charge < -0.3 is 9.47 Å². The van der Waals surface area contributed by atoms with E-state index in [1.165, 1.54) is 25.0 Å². The normalized spacial score (nSPS) is 22.2. The Morgan fingerprint density at radius 1 is 0.947 bits per heavy atom. The van der Waals surface area contributed by atoms with Crippen molar-refractivity contribution in [1.29, 1.82) is 0 Å². The molecule has 0 fully saturated rings. The SMILES string of the molecule is CC(=O)Oc1cc2c(cc1OC(C)=O)[C@@H]1C=C[C@@H]2C1. The Bertz CT molecular complexity index is 549. The molecule has 0 unspecified atom stereocenters. The predicted octanol–water partition coefficient (Wildman–Crippen LogP) is 2.68. The lowest BCUT2D eigenvalue weighted by Gasteiger charge is -2.15. The molecule has 2 aliphatic rings. The topological polar surface area (TPSA) is 52.6 Å². The molecule has 0 amide bonds. The molecule has 2 atom stereocenters. The van der Waals surface area contributed by atoms with Crippen LogP contribution in [-0.4, -0.2) is 11.9 Å². The highest BCUT2D eigenvalue weighted by atomic mass is 16.6. The molecule has 0 aromatic heterocycles. The van der Waals surface area contributed by atoms with Crippen LogP contribution in [0, 0.1) is 0 Å². The van der Waals surface area contributed by atoms with E-state index in [1.54, 1.807) is 0 Å². The summed E-state index contributed by atoms with van der Waals surface area (Å²) in [6.45, 7) is 2.66. The largest absolute Gasteiger partial charge is 0.423 e. The standard InChI is InChI=1S/C15H14O4/c1-8(16)18-14-6-12-10-3-4-11(5-10)13(12)7-15(14)19-9(2)17/h3-4,6-7,10-11H,5H2,1-2H3/t10-,11-/m1/s1. The van der Waals surface area contributed by atoms with Crippen LogP contribution in [0.1, 0.15) is 43.2 Å². The van der Waals surface area contributed by atoms with Crippen molar-refractivity contribution in [2.45, 2.75) is 32.1 Å². The Hall–Kier alpha value is -2.10. The van der Waals surface area contributed by atoms with Crippen molar-refractivity contribution in [2.24, 2.45) is 0 Å². The van der Waals surface area contributed by atoms with E-state index in [0.717, 1.165) is 6.42 Å². The lowest BCUT2D eigenvalue weighted by molar-refractivity contribution is -0.134. The molecule has 0 spiro atoms. The molecule has 3 rings (SSSR count). The quantitative estimate of drug-likeness (QED) is 0.465. The molecule has 0 N–H and O–H groups in total. The Kier molecular flexibility index (Phi) is 2.66. The van der Waals surface area contributed by atoms with E-state index >= 15 is 0 Å². The smallest absolute Gasteiger partial charge is 0.308 e. The summed E-state index contributed by atoms with van der Waals surface area (Å²) in [7, 11) is 0. The zero-order valence-electron chi connectivity index (χ0n) is 10.8. The van der Waals surface area contributed by atoms with Gasteiger partial charge in [-0.05, 0) is 29.7 Å². The molecule has 4 nitrogen and oxygen atoms in total. The molecular weight excluding hydrogens is 244 g/mol. The molecule has 0 saturated carbocycles. The summed E-state index contributed by atoms with van der Waals surface area (Å²) >= 11 is 0. The van der Waals surface area contributed by atoms with E-state index < -0.39 is 11.9 Å². The molecule has 0 heterocycles. The number of hydrogen-bond donors (Lipinski definition) is 0. The first-order valence-electron chi connectivity index (χ1n) is 6.27. The van der Waals surface area contributed by atoms with Crippen LogP contribution in [0.15, 0.2) is 24.3 Å². The van der Waals surface area contributed by atoms with Crippen molar-refractivity contribution < 1.29 is 19.1 Å². The zero-order valence-corrected chi connectivity index (χ0v) is 10.8. The summed E-state index contributed by atoms with van der Waals surface area (Å²) in [5.74, 6) is 0.574. The molecule has 0 saturated heterocycles. The monoisotopic (exact) mass is 258 g/mol. The average molecular weight is 258 g/mol. The van der Waals surface area contributed by atoms with E-state index in [9.17, 15) is 9.59 Å². The number of carbonyl (C=O) groups is 2. The van der Waals surface area contributed by atoms with E-state index in [0.29, 0.717) is 23.3 Å². The molecule has 0 aliphatic heterocycles. The van der Waals surface area contributed by atoms with Crippen LogP contribution in [0.25, 0.3) is 0 Å². The molecule has 2 aliphatic carbocycles. The van der Waals surface area contributed by atoms with Gasteiger partial charge >= 0.3 is 11.9 Å². The van der Waals surface area contributed by atoms with Crippen LogP contribution in [0.4, 0.5) is 0 Å². The molecule has 1 aromatic carbocycles. The zero-order chi connectivity index (χ0) is 13.6. The number of allylic oxidation sites excluding steroid dienone is 2. The second-order valence-corrected chi connectivity index (χ2v) is 4.95. The van der Waals surface area contributed by atoms with Crippen molar-refractivity contribution >= 4 is 11.9 Å². The Balaban J connectivity index is 2.05. The first kappa shape index (κ1) is 12.0. The summed E-state index contributed by atoms with van der Waals surface area (Å²) in [4.78, 5) is 22.3. The van der Waals surface area contributed by atoms with Gasteiger partial charge in [0.05, 0.1) is 0 Å². The molecular formula is C15H14O4. The third-order valence-electron chi connectivity index (χ3n) is 3.54. The van der Waals surface area contributed by atoms with Crippen molar-refractivity contribution in [1.82, 2.24) is 0 Å². The fourth-order valence-electron chi connectivity index (χ4n) is 2.86. The Morgan fingerprint density at radius 2 is 1.37 bits per heavy atom. The van der Waals surface area contributed by atoms with Crippen molar-refractivity contribution in [2.75, 3.05) is 0 Å². The first-order valence-corrected chi connectivity index (χ1v) is 6.27. The van der Waals surface area contributed by atoms with Gasteiger partial charge in [-0.2, -0.15) is 0 Å². The predicted molar refractivity (Wildman–Crippen MR) is 68.3 cm³/mol. The lowest BCUT2D eigenvalue weighted by Crippen LogP contribution is -2.08. The number of hydrogen-bond acceptors (Lipinski definition) is 4. The average Bonchev–Trinajstić information content (AvgIpc) is 2.89. The first-order chi connectivity index (χ1) is 9.04. The number of benzene rings is 1. The highest BCUT2D eigenvalue weighted by Crippen LogP contribution is 2.51. The van der Waals surface area contributed by atoms with Crippen molar-refractivity contribution in [3.8, 4) is 11.5 Å². The van der Waals surface area contributed by atoms with E-state index in [-0.39, 0.29) is 0 Å². The van der Waals surface area contributed by atoms with Gasteiger partial charge in [0.2, 0.25) is 0 Å². The van der Waals surface area contributed by atoms with Gasteiger partial charge in [-0.25, -0.2) is 0 Å². The van der Waals surface area contributed by atoms with Crippen LogP contribution in [-0.2, 0) is 9.59 Å². The summed E-state index contributed by atoms with van der Waals surface area (Å²) in [6, 6.07) is 3.65. The Morgan fingerprint density at radius 3 is 1.74 bits per heavy atom. The van der Waals surface area contributed by atoms with Crippen LogP contribution in [0.5, 0.6) is 11.5 Å². The van der Waals surface area contributed by atoms with Gasteiger partial charge in [-0.1, -0.05) is 12.2 Å². The van der Waals surface area contributed by atoms with Gasteiger partial charge in [0.25, 0.3) is 0 Å². The molecule has 98 valence electrons. The van der Waals surface area contributed by atoms with E-state index in [2.05, 4.69) is 12.2 Å². The van der Waals surface area contributed by atoms with E-state index in [1.807, 2.05) is 12.1 Å². The molecule has 1 aromatic rings. The minimum absolute atomic E-state index is 0.322. The lowest BCUT2D eigenvalue weighted by atomic mass is 9.96. The molecule has 2 bridgehead atoms. The van der Waals surface area contributed by atoms with Crippen molar-refractivity contribution in [3.05, 3.63) is 35.4 Å². The Labute approximate surface area is 111 Å². The second kappa shape index (κ2) is 4.23. The summed E-state index contributed by atoms with van der Waals surface area (Å²) in [6.07, 6.45) is 5.41. The molecule has 19 heavy (non-hydrogen) atoms. The minimum atomic E-state index is -0.424. The number of rotatable bonds is 2. The van der Waals surface area contributed by atoms with E-state index in [4.69, 9.17) is 9.47 Å². The summed E-state index contributed by atoms with van der Waals surface area (Å²) in [5.41, 5.74) is 2.33. The fourth-order valence-corrected chi connectivity index (χ4v) is 2.86.